The molecule has 0 aromatic carbocycles. The highest BCUT2D eigenvalue weighted by Gasteiger charge is 2.54. The maximum atomic E-state index is 12.9. The van der Waals surface area contributed by atoms with E-state index < -0.39 is 0 Å². The minimum Gasteiger partial charge on any atom is -0.355 e. The van der Waals surface area contributed by atoms with Crippen LogP contribution in [0.3, 0.4) is 0 Å². The summed E-state index contributed by atoms with van der Waals surface area (Å²) in [5.41, 5.74) is 5.78. The molecule has 1 atom stereocenters. The minimum atomic E-state index is -0.108. The summed E-state index contributed by atoms with van der Waals surface area (Å²) in [5, 5.41) is 3.12. The lowest BCUT2D eigenvalue weighted by Gasteiger charge is -2.55. The highest BCUT2D eigenvalue weighted by atomic mass is 35.5. The van der Waals surface area contributed by atoms with E-state index in [1.807, 2.05) is 4.90 Å². The standard InChI is InChI=1S/C20H33N3O2.ClH/c1-19(12-21)3-5-23(13-19)17(24)2-4-22-18(25)20-9-14-6-15(10-20)8-16(7-14)11-20;/h14-16H,2-13,21H2,1H3,(H,22,25);1H. The maximum absolute atomic E-state index is 12.9. The molecule has 1 saturated heterocycles. The van der Waals surface area contributed by atoms with Gasteiger partial charge in [0, 0.05) is 31.5 Å². The third-order valence-electron chi connectivity index (χ3n) is 7.55. The Morgan fingerprint density at radius 1 is 1.12 bits per heavy atom. The van der Waals surface area contributed by atoms with E-state index in [-0.39, 0.29) is 35.1 Å². The lowest BCUT2D eigenvalue weighted by Crippen LogP contribution is -2.53. The van der Waals surface area contributed by atoms with E-state index in [0.717, 1.165) is 56.5 Å². The van der Waals surface area contributed by atoms with Gasteiger partial charge in [0.05, 0.1) is 0 Å². The minimum absolute atomic E-state index is 0. The van der Waals surface area contributed by atoms with Crippen LogP contribution in [0.15, 0.2) is 0 Å². The van der Waals surface area contributed by atoms with Crippen molar-refractivity contribution < 1.29 is 9.59 Å². The molecule has 1 heterocycles. The van der Waals surface area contributed by atoms with E-state index in [1.165, 1.54) is 19.3 Å². The third kappa shape index (κ3) is 3.62. The predicted octanol–water partition coefficient (Wildman–Crippen LogP) is 2.33. The molecule has 4 bridgehead atoms. The SMILES string of the molecule is CC1(CN)CCN(C(=O)CCNC(=O)C23CC4CC(CC(C4)C2)C3)C1.Cl. The fourth-order valence-corrected chi connectivity index (χ4v) is 6.42. The Hall–Kier alpha value is -0.810. The van der Waals surface area contributed by atoms with Gasteiger partial charge in [-0.1, -0.05) is 6.92 Å². The second-order valence-electron chi connectivity index (χ2n) is 9.78. The van der Waals surface area contributed by atoms with Crippen molar-refractivity contribution in [1.29, 1.82) is 0 Å². The first-order chi connectivity index (χ1) is 11.9. The van der Waals surface area contributed by atoms with Crippen LogP contribution in [-0.2, 0) is 9.59 Å². The first-order valence-corrected chi connectivity index (χ1v) is 10.2. The zero-order valence-electron chi connectivity index (χ0n) is 16.0. The Morgan fingerprint density at radius 2 is 1.69 bits per heavy atom. The van der Waals surface area contributed by atoms with Crippen molar-refractivity contribution in [1.82, 2.24) is 10.2 Å². The van der Waals surface area contributed by atoms with E-state index in [1.54, 1.807) is 0 Å². The fourth-order valence-electron chi connectivity index (χ4n) is 6.42. The molecule has 5 aliphatic rings. The number of carbonyl (C=O) groups excluding carboxylic acids is 2. The number of nitrogens with one attached hydrogen (secondary N) is 1. The Balaban J connectivity index is 0.00000196. The normalized spacial score (nSPS) is 40.4. The van der Waals surface area contributed by atoms with Gasteiger partial charge in [-0.2, -0.15) is 0 Å². The molecule has 2 amide bonds. The maximum Gasteiger partial charge on any atom is 0.226 e. The van der Waals surface area contributed by atoms with E-state index >= 15 is 0 Å². The molecule has 0 aromatic rings. The van der Waals surface area contributed by atoms with Crippen molar-refractivity contribution in [3.8, 4) is 0 Å². The first kappa shape index (κ1) is 19.9. The molecule has 26 heavy (non-hydrogen) atoms. The summed E-state index contributed by atoms with van der Waals surface area (Å²) in [7, 11) is 0. The molecule has 148 valence electrons. The second kappa shape index (κ2) is 7.31. The summed E-state index contributed by atoms with van der Waals surface area (Å²) in [6, 6.07) is 0. The van der Waals surface area contributed by atoms with Gasteiger partial charge in [-0.05, 0) is 74.7 Å². The molecular formula is C20H34ClN3O2. The lowest BCUT2D eigenvalue weighted by atomic mass is 9.49. The number of nitrogens with zero attached hydrogens (tertiary/aromatic N) is 1. The molecule has 5 rings (SSSR count). The zero-order chi connectivity index (χ0) is 17.7. The lowest BCUT2D eigenvalue weighted by molar-refractivity contribution is -0.146. The number of hydrogen-bond acceptors (Lipinski definition) is 3. The third-order valence-corrected chi connectivity index (χ3v) is 7.55. The van der Waals surface area contributed by atoms with Gasteiger partial charge in [-0.25, -0.2) is 0 Å². The molecule has 1 aliphatic heterocycles. The number of nitrogens with two attached hydrogens (primary N) is 1. The smallest absolute Gasteiger partial charge is 0.226 e. The summed E-state index contributed by atoms with van der Waals surface area (Å²) in [6.45, 7) is 4.81. The monoisotopic (exact) mass is 383 g/mol. The van der Waals surface area contributed by atoms with Crippen LogP contribution in [-0.4, -0.2) is 42.9 Å². The Labute approximate surface area is 163 Å². The van der Waals surface area contributed by atoms with E-state index in [9.17, 15) is 9.59 Å². The van der Waals surface area contributed by atoms with Crippen LogP contribution in [0.5, 0.6) is 0 Å². The van der Waals surface area contributed by atoms with Crippen molar-refractivity contribution in [2.24, 2.45) is 34.3 Å². The van der Waals surface area contributed by atoms with Gasteiger partial charge in [-0.15, -0.1) is 12.4 Å². The van der Waals surface area contributed by atoms with Crippen LogP contribution >= 0.6 is 12.4 Å². The van der Waals surface area contributed by atoms with Crippen LogP contribution in [0.25, 0.3) is 0 Å². The Morgan fingerprint density at radius 3 is 2.19 bits per heavy atom. The van der Waals surface area contributed by atoms with Gasteiger partial charge < -0.3 is 16.0 Å². The average Bonchev–Trinajstić information content (AvgIpc) is 2.97. The summed E-state index contributed by atoms with van der Waals surface area (Å²) in [4.78, 5) is 27.2. The molecule has 3 N–H and O–H groups in total. The summed E-state index contributed by atoms with van der Waals surface area (Å²) in [6.07, 6.45) is 8.69. The average molecular weight is 384 g/mol. The van der Waals surface area contributed by atoms with E-state index in [0.29, 0.717) is 19.5 Å². The van der Waals surface area contributed by atoms with E-state index in [2.05, 4.69) is 12.2 Å². The van der Waals surface area contributed by atoms with Gasteiger partial charge in [0.25, 0.3) is 0 Å². The molecule has 4 aliphatic carbocycles. The Bertz CT molecular complexity index is 532. The first-order valence-electron chi connectivity index (χ1n) is 10.2. The highest BCUT2D eigenvalue weighted by molar-refractivity contribution is 5.85. The molecule has 0 spiro atoms. The van der Waals surface area contributed by atoms with Crippen LogP contribution in [0, 0.1) is 28.6 Å². The predicted molar refractivity (Wildman–Crippen MR) is 104 cm³/mol. The quantitative estimate of drug-likeness (QED) is 0.765. The molecular weight excluding hydrogens is 350 g/mol. The van der Waals surface area contributed by atoms with Gasteiger partial charge >= 0.3 is 0 Å². The van der Waals surface area contributed by atoms with Crippen molar-refractivity contribution in [3.05, 3.63) is 0 Å². The zero-order valence-corrected chi connectivity index (χ0v) is 16.8. The highest BCUT2D eigenvalue weighted by Crippen LogP contribution is 2.60. The van der Waals surface area contributed by atoms with Gasteiger partial charge in [0.2, 0.25) is 11.8 Å². The molecule has 5 fully saturated rings. The molecule has 0 radical (unpaired) electrons. The molecule has 0 aromatic heterocycles. The van der Waals surface area contributed by atoms with Crippen LogP contribution < -0.4 is 11.1 Å². The molecule has 5 nitrogen and oxygen atoms in total. The Kier molecular flexibility index (Phi) is 5.60. The topological polar surface area (TPSA) is 75.4 Å². The van der Waals surface area contributed by atoms with Crippen molar-refractivity contribution in [2.45, 2.75) is 58.3 Å². The summed E-state index contributed by atoms with van der Waals surface area (Å²) in [5.74, 6) is 2.71. The van der Waals surface area contributed by atoms with E-state index in [4.69, 9.17) is 5.73 Å². The number of halogens is 1. The number of amides is 2. The van der Waals surface area contributed by atoms with Crippen LogP contribution in [0.1, 0.15) is 58.3 Å². The number of carbonyl (C=O) groups is 2. The molecule has 6 heteroatoms. The molecule has 1 unspecified atom stereocenters. The van der Waals surface area contributed by atoms with Gasteiger partial charge in [-0.3, -0.25) is 9.59 Å². The molecule has 4 saturated carbocycles. The fraction of sp³-hybridized carbons (Fsp3) is 0.900. The second-order valence-corrected chi connectivity index (χ2v) is 9.78. The van der Waals surface area contributed by atoms with Crippen LogP contribution in [0.2, 0.25) is 0 Å². The summed E-state index contributed by atoms with van der Waals surface area (Å²) >= 11 is 0. The van der Waals surface area contributed by atoms with Crippen LogP contribution in [0.4, 0.5) is 0 Å². The summed E-state index contributed by atoms with van der Waals surface area (Å²) < 4.78 is 0. The van der Waals surface area contributed by atoms with Crippen molar-refractivity contribution in [2.75, 3.05) is 26.2 Å². The van der Waals surface area contributed by atoms with Gasteiger partial charge in [0.15, 0.2) is 0 Å². The number of rotatable bonds is 5. The largest absolute Gasteiger partial charge is 0.355 e. The van der Waals surface area contributed by atoms with Crippen molar-refractivity contribution in [3.63, 3.8) is 0 Å². The number of hydrogen-bond donors (Lipinski definition) is 2. The van der Waals surface area contributed by atoms with Crippen molar-refractivity contribution >= 4 is 24.2 Å². The van der Waals surface area contributed by atoms with Gasteiger partial charge in [0.1, 0.15) is 0 Å². The number of likely N-dealkylation sites (tertiary alicyclic amines) is 1.